The Hall–Kier alpha value is -3.74. The maximum absolute atomic E-state index is 14.2. The molecule has 1 aliphatic carbocycles. The number of carboxylic acids is 1. The zero-order valence-electron chi connectivity index (χ0n) is 17.3. The second-order valence-corrected chi connectivity index (χ2v) is 8.24. The summed E-state index contributed by atoms with van der Waals surface area (Å²) in [6.45, 7) is 0. The molecule has 7 heteroatoms. The minimum atomic E-state index is -1.18. The van der Waals surface area contributed by atoms with Gasteiger partial charge in [-0.05, 0) is 36.0 Å². The highest BCUT2D eigenvalue weighted by molar-refractivity contribution is 5.86. The average Bonchev–Trinajstić information content (AvgIpc) is 3.25. The lowest BCUT2D eigenvalue weighted by molar-refractivity contribution is 0.0690. The van der Waals surface area contributed by atoms with Crippen molar-refractivity contribution in [1.82, 2.24) is 14.6 Å². The van der Waals surface area contributed by atoms with Gasteiger partial charge < -0.3 is 10.1 Å². The molecule has 2 aromatic heterocycles. The van der Waals surface area contributed by atoms with Gasteiger partial charge in [0.15, 0.2) is 5.69 Å². The van der Waals surface area contributed by atoms with Crippen LogP contribution in [-0.2, 0) is 0 Å². The Kier molecular flexibility index (Phi) is 5.09. The first-order valence-electron chi connectivity index (χ1n) is 10.8. The van der Waals surface area contributed by atoms with E-state index in [1.54, 1.807) is 18.2 Å². The van der Waals surface area contributed by atoms with E-state index in [0.717, 1.165) is 47.7 Å². The smallest absolute Gasteiger partial charge is 0.356 e. The van der Waals surface area contributed by atoms with E-state index in [2.05, 4.69) is 10.1 Å². The Balaban J connectivity index is 1.67. The molecule has 0 aliphatic heterocycles. The van der Waals surface area contributed by atoms with Crippen LogP contribution in [0, 0.1) is 5.82 Å². The van der Waals surface area contributed by atoms with Crippen LogP contribution in [0.5, 0.6) is 0 Å². The molecule has 0 saturated heterocycles. The maximum Gasteiger partial charge on any atom is 0.356 e. The largest absolute Gasteiger partial charge is 0.476 e. The number of carbonyl (C=O) groups is 1. The van der Waals surface area contributed by atoms with Crippen LogP contribution in [-0.4, -0.2) is 25.7 Å². The van der Waals surface area contributed by atoms with E-state index in [9.17, 15) is 19.1 Å². The zero-order chi connectivity index (χ0) is 22.2. The van der Waals surface area contributed by atoms with E-state index >= 15 is 0 Å². The molecule has 0 spiro atoms. The third-order valence-corrected chi connectivity index (χ3v) is 6.25. The molecule has 6 nitrogen and oxygen atoms in total. The van der Waals surface area contributed by atoms with Gasteiger partial charge in [-0.25, -0.2) is 9.18 Å². The third kappa shape index (κ3) is 3.49. The molecular formula is C25H22FN3O3. The Morgan fingerprint density at radius 2 is 1.72 bits per heavy atom. The third-order valence-electron chi connectivity index (χ3n) is 6.25. The second kappa shape index (κ2) is 8.07. The monoisotopic (exact) mass is 431 g/mol. The highest BCUT2D eigenvalue weighted by atomic mass is 19.1. The molecule has 0 atom stereocenters. The van der Waals surface area contributed by atoms with Crippen molar-refractivity contribution in [3.05, 3.63) is 82.0 Å². The van der Waals surface area contributed by atoms with Gasteiger partial charge in [0.05, 0.1) is 5.69 Å². The first kappa shape index (κ1) is 20.2. The van der Waals surface area contributed by atoms with E-state index < -0.39 is 5.97 Å². The second-order valence-electron chi connectivity index (χ2n) is 8.24. The normalized spacial score (nSPS) is 14.7. The van der Waals surface area contributed by atoms with E-state index in [1.165, 1.54) is 12.1 Å². The molecule has 2 N–H and O–H groups in total. The summed E-state index contributed by atoms with van der Waals surface area (Å²) in [5, 5.41) is 13.3. The maximum atomic E-state index is 14.2. The minimum Gasteiger partial charge on any atom is -0.476 e. The van der Waals surface area contributed by atoms with Crippen LogP contribution in [0.25, 0.3) is 28.0 Å². The number of benzene rings is 2. The van der Waals surface area contributed by atoms with Gasteiger partial charge in [0.2, 0.25) is 0 Å². The van der Waals surface area contributed by atoms with Crippen LogP contribution >= 0.6 is 0 Å². The number of halogens is 1. The lowest BCUT2D eigenvalue weighted by Gasteiger charge is -2.23. The lowest BCUT2D eigenvalue weighted by Crippen LogP contribution is -2.25. The van der Waals surface area contributed by atoms with Crippen LogP contribution in [0.3, 0.4) is 0 Å². The van der Waals surface area contributed by atoms with E-state index in [-0.39, 0.29) is 23.0 Å². The molecule has 0 amide bonds. The van der Waals surface area contributed by atoms with Gasteiger partial charge in [0.25, 0.3) is 5.56 Å². The van der Waals surface area contributed by atoms with Crippen LogP contribution in [0.2, 0.25) is 0 Å². The average molecular weight is 431 g/mol. The fraction of sp³-hybridized carbons (Fsp3) is 0.240. The van der Waals surface area contributed by atoms with Crippen LogP contribution < -0.4 is 5.56 Å². The molecule has 1 saturated carbocycles. The zero-order valence-corrected chi connectivity index (χ0v) is 17.3. The minimum absolute atomic E-state index is 0.0793. The molecule has 2 heterocycles. The molecule has 0 radical (unpaired) electrons. The number of nitrogens with zero attached hydrogens (tertiary/aromatic N) is 2. The van der Waals surface area contributed by atoms with Crippen LogP contribution in [0.15, 0.2) is 59.4 Å². The van der Waals surface area contributed by atoms with E-state index in [4.69, 9.17) is 0 Å². The SMILES string of the molecule is O=C(O)c1cc2[nH]c(-c3ccc(-c4ccccc4F)cc3)c(C3CCCCC3)c(=O)n2n1. The molecule has 32 heavy (non-hydrogen) atoms. The standard InChI is InChI=1S/C25H22FN3O3/c26-19-9-5-4-8-18(19)15-10-12-17(13-11-15)23-22(16-6-2-1-3-7-16)24(30)29-21(27-23)14-20(28-29)25(31)32/h4-5,8-14,16,27H,1-3,6-7H2,(H,31,32). The number of carboxylic acid groups (broad SMARTS) is 1. The van der Waals surface area contributed by atoms with Gasteiger partial charge in [-0.15, -0.1) is 0 Å². The molecule has 2 aromatic carbocycles. The first-order valence-corrected chi connectivity index (χ1v) is 10.8. The number of nitrogens with one attached hydrogen (secondary N) is 1. The topological polar surface area (TPSA) is 87.5 Å². The van der Waals surface area contributed by atoms with Crippen molar-refractivity contribution in [3.63, 3.8) is 0 Å². The van der Waals surface area contributed by atoms with Crippen molar-refractivity contribution in [2.45, 2.75) is 38.0 Å². The number of aromatic carboxylic acids is 1. The molecule has 0 unspecified atom stereocenters. The highest BCUT2D eigenvalue weighted by Crippen LogP contribution is 2.36. The number of H-pyrrole nitrogens is 1. The molecule has 1 fully saturated rings. The summed E-state index contributed by atoms with van der Waals surface area (Å²) in [5.74, 6) is -1.40. The molecule has 1 aliphatic rings. The number of hydrogen-bond donors (Lipinski definition) is 2. The molecule has 4 aromatic rings. The first-order chi connectivity index (χ1) is 15.5. The molecular weight excluding hydrogens is 409 g/mol. The summed E-state index contributed by atoms with van der Waals surface area (Å²) in [5.41, 5.74) is 3.22. The number of rotatable bonds is 4. The fourth-order valence-corrected chi connectivity index (χ4v) is 4.66. The van der Waals surface area contributed by atoms with Crippen molar-refractivity contribution in [2.75, 3.05) is 0 Å². The summed E-state index contributed by atoms with van der Waals surface area (Å²) in [6.07, 6.45) is 5.05. The quantitative estimate of drug-likeness (QED) is 0.462. The Labute approximate surface area is 183 Å². The number of aromatic amines is 1. The van der Waals surface area contributed by atoms with E-state index in [0.29, 0.717) is 22.5 Å². The van der Waals surface area contributed by atoms with Crippen LogP contribution in [0.4, 0.5) is 4.39 Å². The molecule has 162 valence electrons. The van der Waals surface area contributed by atoms with Crippen molar-refractivity contribution >= 4 is 11.6 Å². The molecule has 5 rings (SSSR count). The number of aromatic nitrogens is 3. The number of fused-ring (bicyclic) bond motifs is 1. The summed E-state index contributed by atoms with van der Waals surface area (Å²) in [4.78, 5) is 28.1. The van der Waals surface area contributed by atoms with Crippen molar-refractivity contribution in [1.29, 1.82) is 0 Å². The predicted molar refractivity (Wildman–Crippen MR) is 119 cm³/mol. The summed E-state index contributed by atoms with van der Waals surface area (Å²) in [6, 6.07) is 15.4. The Morgan fingerprint density at radius 3 is 2.41 bits per heavy atom. The van der Waals surface area contributed by atoms with Gasteiger partial charge in [-0.3, -0.25) is 4.79 Å². The lowest BCUT2D eigenvalue weighted by atomic mass is 9.82. The predicted octanol–water partition coefficient (Wildman–Crippen LogP) is 5.24. The van der Waals surface area contributed by atoms with Gasteiger partial charge >= 0.3 is 5.97 Å². The summed E-state index contributed by atoms with van der Waals surface area (Å²) in [7, 11) is 0. The number of hydrogen-bond acceptors (Lipinski definition) is 3. The van der Waals surface area contributed by atoms with Gasteiger partial charge in [0.1, 0.15) is 11.5 Å². The van der Waals surface area contributed by atoms with Gasteiger partial charge in [-0.2, -0.15) is 9.61 Å². The molecule has 0 bridgehead atoms. The summed E-state index contributed by atoms with van der Waals surface area (Å²) < 4.78 is 15.4. The van der Waals surface area contributed by atoms with E-state index in [1.807, 2.05) is 24.3 Å². The highest BCUT2D eigenvalue weighted by Gasteiger charge is 2.25. The Morgan fingerprint density at radius 1 is 1.03 bits per heavy atom. The van der Waals surface area contributed by atoms with Gasteiger partial charge in [-0.1, -0.05) is 61.7 Å². The fourth-order valence-electron chi connectivity index (χ4n) is 4.66. The van der Waals surface area contributed by atoms with Crippen LogP contribution in [0.1, 0.15) is 54.1 Å². The van der Waals surface area contributed by atoms with Crippen molar-refractivity contribution < 1.29 is 14.3 Å². The van der Waals surface area contributed by atoms with Crippen molar-refractivity contribution in [2.24, 2.45) is 0 Å². The van der Waals surface area contributed by atoms with Crippen molar-refractivity contribution in [3.8, 4) is 22.4 Å². The Bertz CT molecular complexity index is 1370. The van der Waals surface area contributed by atoms with Gasteiger partial charge in [0, 0.05) is 17.2 Å². The summed E-state index contributed by atoms with van der Waals surface area (Å²) >= 11 is 0.